The Morgan fingerprint density at radius 1 is 1.18 bits per heavy atom. The zero-order valence-corrected chi connectivity index (χ0v) is 21.9. The maximum Gasteiger partial charge on any atom is 0.331 e. The number of aromatic amines is 1. The molecule has 0 aliphatic rings. The molecule has 214 valence electrons. The molecule has 0 aromatic carbocycles. The van der Waals surface area contributed by atoms with Crippen molar-refractivity contribution in [1.29, 1.82) is 0 Å². The SMILES string of the molecule is CC(=O)N(C(=O)[C@@H](N)CC(=O)O)[C@](C(=O)NCCCCN)(C(C)C)n1c(O)c(CCCN=C(N)N)[nH]c1=O. The van der Waals surface area contributed by atoms with E-state index in [2.05, 4.69) is 15.3 Å². The number of aryl methyl sites for hydroxylation is 1. The van der Waals surface area contributed by atoms with E-state index >= 15 is 0 Å². The zero-order valence-electron chi connectivity index (χ0n) is 21.9. The second kappa shape index (κ2) is 14.1. The lowest BCUT2D eigenvalue weighted by Crippen LogP contribution is -2.69. The van der Waals surface area contributed by atoms with E-state index < -0.39 is 59.3 Å². The van der Waals surface area contributed by atoms with Crippen molar-refractivity contribution in [2.75, 3.05) is 19.6 Å². The van der Waals surface area contributed by atoms with E-state index in [1.165, 1.54) is 13.8 Å². The lowest BCUT2D eigenvalue weighted by Gasteiger charge is -2.44. The quantitative estimate of drug-likeness (QED) is 0.0648. The average Bonchev–Trinajstić information content (AvgIpc) is 3.09. The van der Waals surface area contributed by atoms with Crippen molar-refractivity contribution in [3.8, 4) is 5.88 Å². The molecule has 1 aromatic rings. The molecular weight excluding hydrogens is 502 g/mol. The van der Waals surface area contributed by atoms with Crippen molar-refractivity contribution in [1.82, 2.24) is 19.8 Å². The summed E-state index contributed by atoms with van der Waals surface area (Å²) in [4.78, 5) is 71.4. The Bertz CT molecular complexity index is 1090. The fourth-order valence-corrected chi connectivity index (χ4v) is 4.11. The molecule has 3 amide bonds. The van der Waals surface area contributed by atoms with Gasteiger partial charge in [-0.3, -0.25) is 24.2 Å². The number of aromatic hydroxyl groups is 1. The number of aromatic nitrogens is 2. The molecule has 1 heterocycles. The number of nitrogens with two attached hydrogens (primary N) is 4. The minimum Gasteiger partial charge on any atom is -0.493 e. The Hall–Kier alpha value is -3.92. The molecule has 16 nitrogen and oxygen atoms in total. The van der Waals surface area contributed by atoms with Crippen molar-refractivity contribution in [3.63, 3.8) is 0 Å². The predicted octanol–water partition coefficient (Wildman–Crippen LogP) is -2.57. The third-order valence-electron chi connectivity index (χ3n) is 5.81. The molecule has 12 N–H and O–H groups in total. The summed E-state index contributed by atoms with van der Waals surface area (Å²) in [6, 6.07) is -1.73. The molecule has 38 heavy (non-hydrogen) atoms. The highest BCUT2D eigenvalue weighted by Crippen LogP contribution is 2.36. The zero-order chi connectivity index (χ0) is 29.2. The molecule has 0 unspecified atom stereocenters. The van der Waals surface area contributed by atoms with Gasteiger partial charge in [-0.05, 0) is 32.2 Å². The van der Waals surface area contributed by atoms with Gasteiger partial charge in [0.25, 0.3) is 5.91 Å². The number of hydrogen-bond donors (Lipinski definition) is 8. The van der Waals surface area contributed by atoms with Gasteiger partial charge in [0.15, 0.2) is 5.96 Å². The fourth-order valence-electron chi connectivity index (χ4n) is 4.11. The molecule has 1 rings (SSSR count). The van der Waals surface area contributed by atoms with Crippen molar-refractivity contribution < 1.29 is 29.4 Å². The van der Waals surface area contributed by atoms with Crippen LogP contribution in [-0.2, 0) is 31.3 Å². The van der Waals surface area contributed by atoms with E-state index in [-0.39, 0.29) is 31.2 Å². The summed E-state index contributed by atoms with van der Waals surface area (Å²) in [6.07, 6.45) is 0.531. The molecule has 2 atom stereocenters. The number of unbranched alkanes of at least 4 members (excludes halogenated alkanes) is 1. The highest BCUT2D eigenvalue weighted by Gasteiger charge is 2.56. The fraction of sp³-hybridized carbons (Fsp3) is 0.636. The Labute approximate surface area is 219 Å². The van der Waals surface area contributed by atoms with Crippen LogP contribution >= 0.6 is 0 Å². The van der Waals surface area contributed by atoms with Gasteiger partial charge in [-0.1, -0.05) is 13.8 Å². The summed E-state index contributed by atoms with van der Waals surface area (Å²) in [5, 5.41) is 22.9. The van der Waals surface area contributed by atoms with Crippen molar-refractivity contribution in [2.24, 2.45) is 33.8 Å². The molecule has 0 fully saturated rings. The Morgan fingerprint density at radius 3 is 2.32 bits per heavy atom. The van der Waals surface area contributed by atoms with Crippen LogP contribution in [0.15, 0.2) is 9.79 Å². The Morgan fingerprint density at radius 2 is 1.82 bits per heavy atom. The van der Waals surface area contributed by atoms with Crippen molar-refractivity contribution in [2.45, 2.75) is 64.6 Å². The number of carbonyl (C=O) groups is 4. The van der Waals surface area contributed by atoms with Crippen LogP contribution in [0.5, 0.6) is 5.88 Å². The van der Waals surface area contributed by atoms with Gasteiger partial charge in [-0.25, -0.2) is 14.3 Å². The molecule has 0 radical (unpaired) electrons. The molecule has 16 heteroatoms. The molecule has 1 aromatic heterocycles. The first-order valence-electron chi connectivity index (χ1n) is 12.1. The van der Waals surface area contributed by atoms with E-state index in [4.69, 9.17) is 28.0 Å². The van der Waals surface area contributed by atoms with Crippen LogP contribution in [0.3, 0.4) is 0 Å². The normalized spacial score (nSPS) is 13.4. The second-order valence-corrected chi connectivity index (χ2v) is 9.01. The largest absolute Gasteiger partial charge is 0.493 e. The first-order chi connectivity index (χ1) is 17.7. The van der Waals surface area contributed by atoms with E-state index in [1.54, 1.807) is 0 Å². The highest BCUT2D eigenvalue weighted by molar-refractivity contribution is 6.03. The lowest BCUT2D eigenvalue weighted by atomic mass is 9.90. The molecule has 0 saturated heterocycles. The van der Waals surface area contributed by atoms with Gasteiger partial charge in [-0.15, -0.1) is 0 Å². The molecule has 0 saturated carbocycles. The number of carbonyl (C=O) groups excluding carboxylic acids is 3. The molecule has 0 bridgehead atoms. The number of rotatable bonds is 15. The predicted molar refractivity (Wildman–Crippen MR) is 138 cm³/mol. The van der Waals surface area contributed by atoms with Gasteiger partial charge >= 0.3 is 11.7 Å². The molecule has 0 aliphatic heterocycles. The van der Waals surface area contributed by atoms with Crippen LogP contribution in [0.2, 0.25) is 0 Å². The van der Waals surface area contributed by atoms with Crippen LogP contribution < -0.4 is 33.9 Å². The number of H-pyrrole nitrogens is 1. The van der Waals surface area contributed by atoms with Crippen LogP contribution in [0.1, 0.15) is 52.1 Å². The number of carboxylic acid groups (broad SMARTS) is 1. The monoisotopic (exact) mass is 541 g/mol. The number of guanidine groups is 1. The van der Waals surface area contributed by atoms with E-state index in [0.717, 1.165) is 6.92 Å². The molecular formula is C22H39N9O7. The van der Waals surface area contributed by atoms with E-state index in [1.807, 2.05) is 0 Å². The van der Waals surface area contributed by atoms with Crippen LogP contribution in [0.25, 0.3) is 0 Å². The van der Waals surface area contributed by atoms with Crippen molar-refractivity contribution in [3.05, 3.63) is 16.2 Å². The molecule has 0 spiro atoms. The summed E-state index contributed by atoms with van der Waals surface area (Å²) >= 11 is 0. The number of imide groups is 1. The smallest absolute Gasteiger partial charge is 0.331 e. The van der Waals surface area contributed by atoms with Crippen LogP contribution in [-0.4, -0.2) is 80.0 Å². The standard InChI is InChI=1S/C22H39N9O7/c1-12(2)22(19(37)27-9-5-4-8-23,30(13(3)32)17(35)14(24)11-16(33)34)31-18(36)15(29-21(31)38)7-6-10-28-20(25)26/h12,14,36H,4-11,23-24H2,1-3H3,(H,27,37)(H,29,38)(H,33,34)(H4,25,26,28)/t14-,22+/m0/s1. The first kappa shape index (κ1) is 32.1. The maximum absolute atomic E-state index is 13.8. The van der Waals surface area contributed by atoms with Gasteiger partial charge in [0.05, 0.1) is 18.2 Å². The average molecular weight is 542 g/mol. The minimum atomic E-state index is -2.45. The van der Waals surface area contributed by atoms with Gasteiger partial charge in [0.1, 0.15) is 0 Å². The van der Waals surface area contributed by atoms with Gasteiger partial charge in [0.2, 0.25) is 23.4 Å². The Kier molecular flexibility index (Phi) is 11.9. The van der Waals surface area contributed by atoms with Gasteiger partial charge < -0.3 is 43.4 Å². The van der Waals surface area contributed by atoms with Crippen LogP contribution in [0, 0.1) is 5.92 Å². The van der Waals surface area contributed by atoms with Crippen molar-refractivity contribution >= 4 is 29.7 Å². The minimum absolute atomic E-state index is 0.00698. The molecule has 0 aliphatic carbocycles. The first-order valence-corrected chi connectivity index (χ1v) is 12.1. The third kappa shape index (κ3) is 7.32. The Balaban J connectivity index is 3.82. The summed E-state index contributed by atoms with van der Waals surface area (Å²) in [5.41, 5.74) is 18.5. The maximum atomic E-state index is 13.8. The summed E-state index contributed by atoms with van der Waals surface area (Å²) in [7, 11) is 0. The number of nitrogens with zero attached hydrogens (tertiary/aromatic N) is 3. The van der Waals surface area contributed by atoms with Crippen LogP contribution in [0.4, 0.5) is 0 Å². The lowest BCUT2D eigenvalue weighted by molar-refractivity contribution is -0.171. The van der Waals surface area contributed by atoms with Gasteiger partial charge in [0, 0.05) is 25.9 Å². The number of aliphatic imine (C=N–C) groups is 1. The number of nitrogens with one attached hydrogen (secondary N) is 2. The summed E-state index contributed by atoms with van der Waals surface area (Å²) < 4.78 is 0.624. The number of imidazole rings is 1. The highest BCUT2D eigenvalue weighted by atomic mass is 16.4. The number of hydrogen-bond acceptors (Lipinski definition) is 9. The van der Waals surface area contributed by atoms with E-state index in [0.29, 0.717) is 35.3 Å². The van der Waals surface area contributed by atoms with E-state index in [9.17, 15) is 29.1 Å². The second-order valence-electron chi connectivity index (χ2n) is 9.01. The summed E-state index contributed by atoms with van der Waals surface area (Å²) in [5.74, 6) is -6.43. The van der Waals surface area contributed by atoms with Gasteiger partial charge in [-0.2, -0.15) is 0 Å². The number of carboxylic acids is 1. The topological polar surface area (TPSA) is 278 Å². The number of amides is 3. The summed E-state index contributed by atoms with van der Waals surface area (Å²) in [6.45, 7) is 4.50. The third-order valence-corrected chi connectivity index (χ3v) is 5.81. The number of aliphatic carboxylic acids is 1.